The predicted molar refractivity (Wildman–Crippen MR) is 144 cm³/mol. The molecule has 34 heavy (non-hydrogen) atoms. The number of benzene rings is 4. The Morgan fingerprint density at radius 3 is 1.74 bits per heavy atom. The second kappa shape index (κ2) is 11.9. The van der Waals surface area contributed by atoms with Crippen LogP contribution >= 0.6 is 11.8 Å². The van der Waals surface area contributed by atoms with Gasteiger partial charge in [0.1, 0.15) is 0 Å². The fourth-order valence-electron chi connectivity index (χ4n) is 4.19. The minimum atomic E-state index is 0.0691. The summed E-state index contributed by atoms with van der Waals surface area (Å²) >= 11 is 1.70. The molecule has 0 aliphatic heterocycles. The molecule has 0 heterocycles. The minimum absolute atomic E-state index is 0.0691. The van der Waals surface area contributed by atoms with E-state index in [1.54, 1.807) is 11.8 Å². The zero-order valence-corrected chi connectivity index (χ0v) is 20.9. The lowest BCUT2D eigenvalue weighted by Crippen LogP contribution is -2.01. The largest absolute Gasteiger partial charge is 0.289 e. The molecule has 2 heteroatoms. The maximum absolute atomic E-state index is 12.9. The van der Waals surface area contributed by atoms with Gasteiger partial charge in [0.25, 0.3) is 0 Å². The number of carbonyl (C=O) groups is 1. The minimum Gasteiger partial charge on any atom is -0.289 e. The van der Waals surface area contributed by atoms with Crippen molar-refractivity contribution in [1.82, 2.24) is 0 Å². The van der Waals surface area contributed by atoms with Crippen molar-refractivity contribution in [3.05, 3.63) is 131 Å². The Hall–Kier alpha value is -3.10. The summed E-state index contributed by atoms with van der Waals surface area (Å²) in [4.78, 5) is 15.3. The summed E-state index contributed by atoms with van der Waals surface area (Å²) < 4.78 is 0. The van der Waals surface area contributed by atoms with Crippen molar-refractivity contribution in [2.75, 3.05) is 0 Å². The van der Waals surface area contributed by atoms with E-state index < -0.39 is 0 Å². The first-order chi connectivity index (χ1) is 16.6. The molecule has 0 aliphatic rings. The van der Waals surface area contributed by atoms with Crippen molar-refractivity contribution in [3.63, 3.8) is 0 Å². The normalized spacial score (nSPS) is 11.8. The molecule has 0 fully saturated rings. The fourth-order valence-corrected chi connectivity index (χ4v) is 5.03. The Bertz CT molecular complexity index is 1180. The zero-order valence-electron chi connectivity index (χ0n) is 20.0. The van der Waals surface area contributed by atoms with Gasteiger partial charge in [-0.2, -0.15) is 0 Å². The van der Waals surface area contributed by atoms with Crippen molar-refractivity contribution < 1.29 is 4.79 Å². The molecule has 0 amide bonds. The second-order valence-corrected chi connectivity index (χ2v) is 10.0. The van der Waals surface area contributed by atoms with Gasteiger partial charge in [0.15, 0.2) is 5.78 Å². The van der Waals surface area contributed by atoms with Crippen LogP contribution in [0.15, 0.2) is 113 Å². The van der Waals surface area contributed by atoms with E-state index in [-0.39, 0.29) is 5.78 Å². The molecular formula is C32H32OS. The zero-order chi connectivity index (χ0) is 23.8. The average molecular weight is 465 g/mol. The summed E-state index contributed by atoms with van der Waals surface area (Å²) in [5.41, 5.74) is 5.51. The number of hydrogen-bond acceptors (Lipinski definition) is 2. The Kier molecular flexibility index (Phi) is 8.38. The van der Waals surface area contributed by atoms with Crippen LogP contribution in [-0.2, 0) is 12.8 Å². The first-order valence-corrected chi connectivity index (χ1v) is 13.0. The van der Waals surface area contributed by atoms with E-state index in [9.17, 15) is 4.79 Å². The highest BCUT2D eigenvalue weighted by atomic mass is 32.2. The lowest BCUT2D eigenvalue weighted by atomic mass is 9.94. The molecule has 1 nitrogen and oxygen atoms in total. The molecule has 0 N–H and O–H groups in total. The Morgan fingerprint density at radius 2 is 1.18 bits per heavy atom. The third kappa shape index (κ3) is 6.48. The quantitative estimate of drug-likeness (QED) is 0.218. The van der Waals surface area contributed by atoms with E-state index in [1.807, 2.05) is 54.6 Å². The Morgan fingerprint density at radius 1 is 0.676 bits per heavy atom. The van der Waals surface area contributed by atoms with Gasteiger partial charge in [-0.3, -0.25) is 4.79 Å². The van der Waals surface area contributed by atoms with E-state index in [4.69, 9.17) is 0 Å². The lowest BCUT2D eigenvalue weighted by Gasteiger charge is -2.11. The molecule has 0 saturated carbocycles. The molecule has 172 valence electrons. The van der Waals surface area contributed by atoms with Crippen molar-refractivity contribution in [2.24, 2.45) is 0 Å². The molecule has 4 rings (SSSR count). The summed E-state index contributed by atoms with van der Waals surface area (Å²) in [6.07, 6.45) is 4.45. The molecule has 4 aromatic rings. The second-order valence-electron chi connectivity index (χ2n) is 8.90. The van der Waals surface area contributed by atoms with E-state index in [0.717, 1.165) is 28.9 Å². The molecule has 1 unspecified atom stereocenters. The molecule has 4 aromatic carbocycles. The third-order valence-corrected chi connectivity index (χ3v) is 7.30. The number of rotatable bonds is 10. The van der Waals surface area contributed by atoms with E-state index in [2.05, 4.69) is 62.4 Å². The lowest BCUT2D eigenvalue weighted by molar-refractivity contribution is 0.103. The number of carbonyl (C=O) groups excluding carboxylic acids is 1. The van der Waals surface area contributed by atoms with Crippen LogP contribution in [0.1, 0.15) is 65.2 Å². The molecule has 0 radical (unpaired) electrons. The van der Waals surface area contributed by atoms with Gasteiger partial charge in [-0.15, -0.1) is 0 Å². The van der Waals surface area contributed by atoms with Gasteiger partial charge >= 0.3 is 0 Å². The summed E-state index contributed by atoms with van der Waals surface area (Å²) in [7, 11) is 0. The highest BCUT2D eigenvalue weighted by Crippen LogP contribution is 2.28. The van der Waals surface area contributed by atoms with E-state index >= 15 is 0 Å². The molecular weight excluding hydrogens is 432 g/mol. The van der Waals surface area contributed by atoms with E-state index in [1.165, 1.54) is 34.4 Å². The number of hydrogen-bond donors (Lipinski definition) is 0. The number of aryl methyl sites for hydroxylation is 2. The van der Waals surface area contributed by atoms with Crippen LogP contribution in [0.3, 0.4) is 0 Å². The summed E-state index contributed by atoms with van der Waals surface area (Å²) in [5, 5.41) is 0. The Balaban J connectivity index is 1.32. The van der Waals surface area contributed by atoms with Crippen LogP contribution < -0.4 is 0 Å². The van der Waals surface area contributed by atoms with Crippen LogP contribution in [0.5, 0.6) is 0 Å². The molecule has 0 aromatic heterocycles. The van der Waals surface area contributed by atoms with Gasteiger partial charge in [0.05, 0.1) is 0 Å². The molecule has 0 aliphatic carbocycles. The van der Waals surface area contributed by atoms with Gasteiger partial charge in [0.2, 0.25) is 0 Å². The van der Waals surface area contributed by atoms with Crippen molar-refractivity contribution in [3.8, 4) is 0 Å². The van der Waals surface area contributed by atoms with Crippen molar-refractivity contribution in [1.29, 1.82) is 0 Å². The maximum Gasteiger partial charge on any atom is 0.193 e. The van der Waals surface area contributed by atoms with Crippen LogP contribution in [0.4, 0.5) is 0 Å². The Labute approximate surface area is 208 Å². The number of ketones is 1. The predicted octanol–water partition coefficient (Wildman–Crippen LogP) is 8.76. The topological polar surface area (TPSA) is 17.1 Å². The summed E-state index contributed by atoms with van der Waals surface area (Å²) in [6.45, 7) is 4.55. The van der Waals surface area contributed by atoms with Gasteiger partial charge in [-0.25, -0.2) is 0 Å². The van der Waals surface area contributed by atoms with Crippen molar-refractivity contribution in [2.45, 2.75) is 55.2 Å². The van der Waals surface area contributed by atoms with Crippen LogP contribution in [0.25, 0.3) is 0 Å². The van der Waals surface area contributed by atoms with Crippen LogP contribution in [-0.4, -0.2) is 5.78 Å². The van der Waals surface area contributed by atoms with Gasteiger partial charge < -0.3 is 0 Å². The smallest absolute Gasteiger partial charge is 0.193 e. The highest BCUT2D eigenvalue weighted by molar-refractivity contribution is 7.99. The first-order valence-electron chi connectivity index (χ1n) is 12.2. The van der Waals surface area contributed by atoms with Crippen LogP contribution in [0.2, 0.25) is 0 Å². The average Bonchev–Trinajstić information content (AvgIpc) is 2.89. The monoisotopic (exact) mass is 464 g/mol. The molecule has 1 atom stereocenters. The fraction of sp³-hybridized carbons (Fsp3) is 0.219. The molecule has 0 spiro atoms. The molecule has 0 bridgehead atoms. The maximum atomic E-state index is 12.9. The standard InChI is InChI=1S/C32H32OS/c1-3-7-24(2)27-16-12-25(13-17-27)10-11-26-14-18-28(19-15-26)32(33)29-20-22-31(23-21-29)34-30-8-5-4-6-9-30/h4-6,8-9,12-24H,3,7,10-11H2,1-2H3. The summed E-state index contributed by atoms with van der Waals surface area (Å²) in [6, 6.07) is 35.3. The SMILES string of the molecule is CCCC(C)c1ccc(CCc2ccc(C(=O)c3ccc(Sc4ccccc4)cc3)cc2)cc1. The van der Waals surface area contributed by atoms with Gasteiger partial charge in [0, 0.05) is 20.9 Å². The third-order valence-electron chi connectivity index (χ3n) is 6.28. The van der Waals surface area contributed by atoms with Crippen LogP contribution in [0, 0.1) is 0 Å². The molecule has 0 saturated heterocycles. The van der Waals surface area contributed by atoms with Gasteiger partial charge in [-0.1, -0.05) is 98.8 Å². The van der Waals surface area contributed by atoms with Gasteiger partial charge in [-0.05, 0) is 78.3 Å². The first kappa shape index (κ1) is 24.0. The highest BCUT2D eigenvalue weighted by Gasteiger charge is 2.10. The summed E-state index contributed by atoms with van der Waals surface area (Å²) in [5.74, 6) is 0.697. The van der Waals surface area contributed by atoms with E-state index in [0.29, 0.717) is 5.92 Å². The van der Waals surface area contributed by atoms with Crippen molar-refractivity contribution >= 4 is 17.5 Å².